The fourth-order valence-corrected chi connectivity index (χ4v) is 3.14. The second-order valence-corrected chi connectivity index (χ2v) is 6.65. The van der Waals surface area contributed by atoms with Gasteiger partial charge in [-0.05, 0) is 31.4 Å². The Morgan fingerprint density at radius 2 is 2.20 bits per heavy atom. The van der Waals surface area contributed by atoms with Gasteiger partial charge in [0.2, 0.25) is 11.8 Å². The minimum atomic E-state index is -0.214. The summed E-state index contributed by atoms with van der Waals surface area (Å²) in [4.78, 5) is 12.9. The molecule has 0 radical (unpaired) electrons. The molecule has 1 saturated heterocycles. The Labute approximate surface area is 145 Å². The van der Waals surface area contributed by atoms with Crippen molar-refractivity contribution >= 4 is 5.91 Å². The molecule has 0 aliphatic carbocycles. The third kappa shape index (κ3) is 3.37. The minimum absolute atomic E-state index is 0.0419. The highest BCUT2D eigenvalue weighted by atomic mass is 16.5. The first-order chi connectivity index (χ1) is 12.1. The van der Waals surface area contributed by atoms with Crippen LogP contribution >= 0.6 is 0 Å². The van der Waals surface area contributed by atoms with E-state index < -0.39 is 0 Å². The van der Waals surface area contributed by atoms with Gasteiger partial charge in [-0.25, -0.2) is 0 Å². The number of likely N-dealkylation sites (tertiary alicyclic amines) is 1. The number of fused-ring (bicyclic) bond motifs is 1. The summed E-state index contributed by atoms with van der Waals surface area (Å²) in [5.41, 5.74) is 2.46. The van der Waals surface area contributed by atoms with Crippen LogP contribution in [0.5, 0.6) is 5.75 Å². The van der Waals surface area contributed by atoms with Crippen LogP contribution in [0.3, 0.4) is 0 Å². The standard InChI is InChI=1S/C18H21N3O4/c1-11-3-5-15-13(7-11)4-6-16(24-15)18-20-19-17(25-18)10-23-14-8-21(9-14)12(2)22/h3,5,7,14,16H,4,6,8-10H2,1-2H3. The van der Waals surface area contributed by atoms with E-state index in [1.54, 1.807) is 11.8 Å². The summed E-state index contributed by atoms with van der Waals surface area (Å²) >= 11 is 0. The van der Waals surface area contributed by atoms with E-state index in [0.29, 0.717) is 24.9 Å². The van der Waals surface area contributed by atoms with E-state index in [4.69, 9.17) is 13.9 Å². The van der Waals surface area contributed by atoms with Gasteiger partial charge in [-0.1, -0.05) is 17.7 Å². The molecule has 4 rings (SSSR count). The summed E-state index contributed by atoms with van der Waals surface area (Å²) in [6.07, 6.45) is 1.57. The normalized spacial score (nSPS) is 19.9. The van der Waals surface area contributed by atoms with Crippen molar-refractivity contribution < 1.29 is 18.7 Å². The molecule has 1 atom stereocenters. The van der Waals surface area contributed by atoms with Crippen molar-refractivity contribution in [1.29, 1.82) is 0 Å². The maximum atomic E-state index is 11.1. The molecule has 1 aromatic heterocycles. The Morgan fingerprint density at radius 1 is 1.36 bits per heavy atom. The van der Waals surface area contributed by atoms with Crippen molar-refractivity contribution in [1.82, 2.24) is 15.1 Å². The molecule has 1 aromatic carbocycles. The largest absolute Gasteiger partial charge is 0.480 e. The molecule has 1 fully saturated rings. The van der Waals surface area contributed by atoms with E-state index in [2.05, 4.69) is 23.2 Å². The fraction of sp³-hybridized carbons (Fsp3) is 0.500. The van der Waals surface area contributed by atoms with Crippen molar-refractivity contribution in [3.8, 4) is 5.75 Å². The molecule has 0 saturated carbocycles. The second-order valence-electron chi connectivity index (χ2n) is 6.65. The van der Waals surface area contributed by atoms with Crippen LogP contribution in [-0.4, -0.2) is 40.2 Å². The van der Waals surface area contributed by atoms with Crippen LogP contribution < -0.4 is 4.74 Å². The molecule has 0 spiro atoms. The molecule has 3 heterocycles. The summed E-state index contributed by atoms with van der Waals surface area (Å²) in [6, 6.07) is 6.19. The van der Waals surface area contributed by atoms with Gasteiger partial charge in [-0.2, -0.15) is 0 Å². The average molecular weight is 343 g/mol. The average Bonchev–Trinajstić information content (AvgIpc) is 3.01. The van der Waals surface area contributed by atoms with Crippen LogP contribution in [-0.2, 0) is 22.6 Å². The number of carbonyl (C=O) groups is 1. The number of nitrogens with zero attached hydrogens (tertiary/aromatic N) is 3. The highest BCUT2D eigenvalue weighted by molar-refractivity contribution is 5.74. The maximum Gasteiger partial charge on any atom is 0.257 e. The van der Waals surface area contributed by atoms with Crippen molar-refractivity contribution in [2.75, 3.05) is 13.1 Å². The van der Waals surface area contributed by atoms with Gasteiger partial charge >= 0.3 is 0 Å². The highest BCUT2D eigenvalue weighted by Gasteiger charge is 2.30. The van der Waals surface area contributed by atoms with E-state index >= 15 is 0 Å². The van der Waals surface area contributed by atoms with E-state index in [0.717, 1.165) is 18.6 Å². The summed E-state index contributed by atoms with van der Waals surface area (Å²) in [7, 11) is 0. The molecule has 0 N–H and O–H groups in total. The topological polar surface area (TPSA) is 77.7 Å². The van der Waals surface area contributed by atoms with Crippen LogP contribution in [0.2, 0.25) is 0 Å². The molecule has 7 heteroatoms. The molecule has 2 aliphatic heterocycles. The lowest BCUT2D eigenvalue weighted by atomic mass is 10.0. The molecule has 132 valence electrons. The van der Waals surface area contributed by atoms with Crippen LogP contribution in [0.15, 0.2) is 22.6 Å². The van der Waals surface area contributed by atoms with Gasteiger partial charge in [-0.15, -0.1) is 10.2 Å². The zero-order valence-electron chi connectivity index (χ0n) is 14.4. The summed E-state index contributed by atoms with van der Waals surface area (Å²) in [6.45, 7) is 5.14. The Kier molecular flexibility index (Phi) is 4.17. The smallest absolute Gasteiger partial charge is 0.257 e. The van der Waals surface area contributed by atoms with Gasteiger partial charge in [-0.3, -0.25) is 4.79 Å². The zero-order chi connectivity index (χ0) is 17.4. The van der Waals surface area contributed by atoms with Gasteiger partial charge in [0.05, 0.1) is 6.10 Å². The molecular formula is C18H21N3O4. The Hall–Kier alpha value is -2.41. The molecule has 0 bridgehead atoms. The maximum absolute atomic E-state index is 11.1. The van der Waals surface area contributed by atoms with E-state index in [-0.39, 0.29) is 24.7 Å². The van der Waals surface area contributed by atoms with E-state index in [9.17, 15) is 4.79 Å². The number of benzene rings is 1. The summed E-state index contributed by atoms with van der Waals surface area (Å²) in [5.74, 6) is 1.89. The van der Waals surface area contributed by atoms with Gasteiger partial charge < -0.3 is 18.8 Å². The first-order valence-electron chi connectivity index (χ1n) is 8.54. The van der Waals surface area contributed by atoms with E-state index in [1.165, 1.54) is 11.1 Å². The van der Waals surface area contributed by atoms with E-state index in [1.807, 2.05) is 12.1 Å². The second kappa shape index (κ2) is 6.48. The molecule has 2 aromatic rings. The SMILES string of the molecule is CC(=O)N1CC(OCc2nnc(C3CCc4cc(C)ccc4O3)o2)C1. The summed E-state index contributed by atoms with van der Waals surface area (Å²) < 4.78 is 17.4. The van der Waals surface area contributed by atoms with Crippen molar-refractivity contribution in [3.05, 3.63) is 41.1 Å². The van der Waals surface area contributed by atoms with Crippen molar-refractivity contribution in [2.24, 2.45) is 0 Å². The summed E-state index contributed by atoms with van der Waals surface area (Å²) in [5, 5.41) is 8.15. The quantitative estimate of drug-likeness (QED) is 0.847. The molecule has 1 amide bonds. The van der Waals surface area contributed by atoms with Crippen LogP contribution in [0.25, 0.3) is 0 Å². The van der Waals surface area contributed by atoms with Gasteiger partial charge in [0.1, 0.15) is 12.4 Å². The predicted molar refractivity (Wildman–Crippen MR) is 88.0 cm³/mol. The Balaban J connectivity index is 1.33. The number of hydrogen-bond donors (Lipinski definition) is 0. The number of amides is 1. The minimum Gasteiger partial charge on any atom is -0.480 e. The number of carbonyl (C=O) groups excluding carboxylic acids is 1. The van der Waals surface area contributed by atoms with Crippen molar-refractivity contribution in [3.63, 3.8) is 0 Å². The highest BCUT2D eigenvalue weighted by Crippen LogP contribution is 2.34. The molecular weight excluding hydrogens is 322 g/mol. The third-order valence-electron chi connectivity index (χ3n) is 4.65. The number of ether oxygens (including phenoxy) is 2. The molecule has 7 nitrogen and oxygen atoms in total. The first kappa shape index (κ1) is 16.1. The lowest BCUT2D eigenvalue weighted by molar-refractivity contribution is -0.144. The third-order valence-corrected chi connectivity index (χ3v) is 4.65. The predicted octanol–water partition coefficient (Wildman–Crippen LogP) is 2.19. The van der Waals surface area contributed by atoms with Crippen LogP contribution in [0.1, 0.15) is 42.4 Å². The van der Waals surface area contributed by atoms with Crippen LogP contribution in [0.4, 0.5) is 0 Å². The van der Waals surface area contributed by atoms with Gasteiger partial charge in [0.25, 0.3) is 5.89 Å². The Morgan fingerprint density at radius 3 is 3.00 bits per heavy atom. The molecule has 25 heavy (non-hydrogen) atoms. The van der Waals surface area contributed by atoms with Gasteiger partial charge in [0, 0.05) is 20.0 Å². The first-order valence-corrected chi connectivity index (χ1v) is 8.54. The number of aryl methyl sites for hydroxylation is 2. The van der Waals surface area contributed by atoms with Gasteiger partial charge in [0.15, 0.2) is 6.10 Å². The number of hydrogen-bond acceptors (Lipinski definition) is 6. The zero-order valence-corrected chi connectivity index (χ0v) is 14.4. The fourth-order valence-electron chi connectivity index (χ4n) is 3.14. The monoisotopic (exact) mass is 343 g/mol. The Bertz CT molecular complexity index is 782. The van der Waals surface area contributed by atoms with Crippen molar-refractivity contribution in [2.45, 2.75) is 45.5 Å². The number of aromatic nitrogens is 2. The van der Waals surface area contributed by atoms with Crippen LogP contribution in [0, 0.1) is 6.92 Å². The molecule has 1 unspecified atom stereocenters. The lowest BCUT2D eigenvalue weighted by Gasteiger charge is -2.37. The molecule has 2 aliphatic rings. The lowest BCUT2D eigenvalue weighted by Crippen LogP contribution is -2.53. The number of rotatable bonds is 4.